The molecule has 1 saturated carbocycles. The molecule has 33 heavy (non-hydrogen) atoms. The van der Waals surface area contributed by atoms with E-state index >= 15 is 0 Å². The van der Waals surface area contributed by atoms with Crippen LogP contribution < -0.4 is 10.9 Å². The molecule has 0 amide bonds. The van der Waals surface area contributed by atoms with Crippen molar-refractivity contribution < 1.29 is 13.2 Å². The zero-order valence-electron chi connectivity index (χ0n) is 16.9. The molecule has 0 atom stereocenters. The van der Waals surface area contributed by atoms with E-state index in [0.29, 0.717) is 28.5 Å². The van der Waals surface area contributed by atoms with Crippen molar-refractivity contribution in [2.45, 2.75) is 24.9 Å². The minimum Gasteiger partial charge on any atom is -0.322 e. The van der Waals surface area contributed by atoms with Gasteiger partial charge in [0.15, 0.2) is 0 Å². The normalized spacial score (nSPS) is 14.3. The number of aromatic nitrogens is 6. The minimum atomic E-state index is -4.65. The van der Waals surface area contributed by atoms with E-state index < -0.39 is 17.3 Å². The standard InChI is InChI=1S/C22H16F3N7O/c23-22(24,25)14-8-18-13(20(33)31-29-18)7-12(14)17-9-16(11-3-1-2-4-15(11)26-17)27-21-28-19(30-32-21)10-5-6-10/h1-4,7-10H,5-6H2,(H2,29,31,33)(H2,26,27,28,30,32). The molecule has 4 N–H and O–H groups in total. The summed E-state index contributed by atoms with van der Waals surface area (Å²) in [7, 11) is 0. The molecule has 1 fully saturated rings. The molecule has 5 aromatic rings. The number of anilines is 2. The summed E-state index contributed by atoms with van der Waals surface area (Å²) in [5.41, 5.74) is -0.449. The van der Waals surface area contributed by atoms with Crippen LogP contribution in [0, 0.1) is 0 Å². The summed E-state index contributed by atoms with van der Waals surface area (Å²) >= 11 is 0. The van der Waals surface area contributed by atoms with E-state index in [0.717, 1.165) is 24.7 Å². The van der Waals surface area contributed by atoms with Gasteiger partial charge in [-0.15, -0.1) is 5.10 Å². The van der Waals surface area contributed by atoms with Gasteiger partial charge in [0.1, 0.15) is 5.82 Å². The number of benzene rings is 2. The second-order valence-electron chi connectivity index (χ2n) is 8.04. The first kappa shape index (κ1) is 19.5. The first-order chi connectivity index (χ1) is 15.9. The van der Waals surface area contributed by atoms with Crippen molar-refractivity contribution in [2.75, 3.05) is 5.32 Å². The molecule has 0 bridgehead atoms. The molecule has 8 nitrogen and oxygen atoms in total. The van der Waals surface area contributed by atoms with Crippen LogP contribution in [0.5, 0.6) is 0 Å². The Balaban J connectivity index is 1.55. The molecule has 0 aliphatic heterocycles. The molecule has 166 valence electrons. The molecule has 3 heterocycles. The number of rotatable bonds is 4. The number of hydrogen-bond donors (Lipinski definition) is 4. The molecule has 0 radical (unpaired) electrons. The van der Waals surface area contributed by atoms with E-state index in [4.69, 9.17) is 0 Å². The molecule has 0 unspecified atom stereocenters. The highest BCUT2D eigenvalue weighted by Crippen LogP contribution is 2.41. The SMILES string of the molecule is O=c1[nH][nH]c2cc(C(F)(F)F)c(-c3cc(Nc4n[nH]c(C5CC5)n4)c4ccccc4n3)cc12. The van der Waals surface area contributed by atoms with Gasteiger partial charge in [0.05, 0.1) is 33.4 Å². The Morgan fingerprint density at radius 2 is 1.82 bits per heavy atom. The van der Waals surface area contributed by atoms with Gasteiger partial charge < -0.3 is 5.32 Å². The van der Waals surface area contributed by atoms with Crippen molar-refractivity contribution in [3.63, 3.8) is 0 Å². The Bertz CT molecular complexity index is 1580. The molecule has 11 heteroatoms. The maximum Gasteiger partial charge on any atom is 0.417 e. The molecule has 0 saturated heterocycles. The average molecular weight is 451 g/mol. The third-order valence-corrected chi connectivity index (χ3v) is 5.72. The molecule has 0 spiro atoms. The molecule has 6 rings (SSSR count). The van der Waals surface area contributed by atoms with Crippen molar-refractivity contribution in [3.05, 3.63) is 64.2 Å². The van der Waals surface area contributed by atoms with E-state index in [-0.39, 0.29) is 22.2 Å². The number of nitrogens with one attached hydrogen (secondary N) is 4. The fourth-order valence-electron chi connectivity index (χ4n) is 3.94. The van der Waals surface area contributed by atoms with Gasteiger partial charge in [-0.05, 0) is 37.1 Å². The Hall–Kier alpha value is -4.15. The monoisotopic (exact) mass is 451 g/mol. The summed E-state index contributed by atoms with van der Waals surface area (Å²) in [5, 5.41) is 15.8. The van der Waals surface area contributed by atoms with Crippen LogP contribution in [0.3, 0.4) is 0 Å². The largest absolute Gasteiger partial charge is 0.417 e. The van der Waals surface area contributed by atoms with Crippen molar-refractivity contribution in [2.24, 2.45) is 0 Å². The first-order valence-electron chi connectivity index (χ1n) is 10.3. The molecular weight excluding hydrogens is 435 g/mol. The summed E-state index contributed by atoms with van der Waals surface area (Å²) in [5.74, 6) is 1.48. The van der Waals surface area contributed by atoms with Gasteiger partial charge in [0.25, 0.3) is 5.56 Å². The predicted molar refractivity (Wildman–Crippen MR) is 116 cm³/mol. The number of para-hydroxylation sites is 1. The van der Waals surface area contributed by atoms with Crippen LogP contribution in [-0.2, 0) is 6.18 Å². The summed E-state index contributed by atoms with van der Waals surface area (Å²) in [6.45, 7) is 0. The topological polar surface area (TPSA) is 115 Å². The van der Waals surface area contributed by atoms with Crippen molar-refractivity contribution in [1.82, 2.24) is 30.4 Å². The lowest BCUT2D eigenvalue weighted by Crippen LogP contribution is -2.09. The number of hydrogen-bond acceptors (Lipinski definition) is 5. The lowest BCUT2D eigenvalue weighted by Gasteiger charge is -2.15. The Labute approximate surface area is 183 Å². The molecule has 3 aromatic heterocycles. The predicted octanol–water partition coefficient (Wildman–Crippen LogP) is 4.83. The van der Waals surface area contributed by atoms with Crippen LogP contribution in [0.25, 0.3) is 33.1 Å². The lowest BCUT2D eigenvalue weighted by atomic mass is 9.99. The third kappa shape index (κ3) is 3.41. The number of pyridine rings is 1. The summed E-state index contributed by atoms with van der Waals surface area (Å²) in [4.78, 5) is 21.0. The molecule has 1 aliphatic rings. The maximum atomic E-state index is 13.9. The van der Waals surface area contributed by atoms with E-state index in [1.54, 1.807) is 12.1 Å². The highest BCUT2D eigenvalue weighted by Gasteiger charge is 2.35. The third-order valence-electron chi connectivity index (χ3n) is 5.72. The van der Waals surface area contributed by atoms with Gasteiger partial charge in [0.2, 0.25) is 5.95 Å². The van der Waals surface area contributed by atoms with Gasteiger partial charge in [0, 0.05) is 16.9 Å². The number of H-pyrrole nitrogens is 3. The van der Waals surface area contributed by atoms with Crippen molar-refractivity contribution in [1.29, 1.82) is 0 Å². The minimum absolute atomic E-state index is 0.0727. The van der Waals surface area contributed by atoms with Crippen molar-refractivity contribution in [3.8, 4) is 11.3 Å². The summed E-state index contributed by atoms with van der Waals surface area (Å²) < 4.78 is 41.8. The van der Waals surface area contributed by atoms with Crippen LogP contribution in [0.1, 0.15) is 30.1 Å². The van der Waals surface area contributed by atoms with Gasteiger partial charge in [-0.2, -0.15) is 18.2 Å². The van der Waals surface area contributed by atoms with Gasteiger partial charge in [-0.25, -0.2) is 4.98 Å². The molecular formula is C22H16F3N7O. The van der Waals surface area contributed by atoms with Crippen LogP contribution in [0.15, 0.2) is 47.3 Å². The Morgan fingerprint density at radius 3 is 2.61 bits per heavy atom. The van der Waals surface area contributed by atoms with E-state index in [2.05, 4.69) is 35.7 Å². The smallest absolute Gasteiger partial charge is 0.322 e. The van der Waals surface area contributed by atoms with Gasteiger partial charge >= 0.3 is 6.18 Å². The lowest BCUT2D eigenvalue weighted by molar-refractivity contribution is -0.137. The van der Waals surface area contributed by atoms with E-state index in [1.807, 2.05) is 12.1 Å². The Kier molecular flexibility index (Phi) is 4.10. The average Bonchev–Trinajstić information content (AvgIpc) is 3.44. The molecule has 1 aliphatic carbocycles. The van der Waals surface area contributed by atoms with Crippen LogP contribution >= 0.6 is 0 Å². The highest BCUT2D eigenvalue weighted by molar-refractivity contribution is 5.96. The number of nitrogens with zero attached hydrogens (tertiary/aromatic N) is 3. The number of alkyl halides is 3. The van der Waals surface area contributed by atoms with Crippen molar-refractivity contribution >= 4 is 33.4 Å². The summed E-state index contributed by atoms with van der Waals surface area (Å²) in [6, 6.07) is 10.8. The van der Waals surface area contributed by atoms with Crippen LogP contribution in [-0.4, -0.2) is 30.4 Å². The van der Waals surface area contributed by atoms with Gasteiger partial charge in [-0.1, -0.05) is 18.2 Å². The second-order valence-corrected chi connectivity index (χ2v) is 8.04. The Morgan fingerprint density at radius 1 is 1.00 bits per heavy atom. The van der Waals surface area contributed by atoms with Crippen LogP contribution in [0.4, 0.5) is 24.8 Å². The number of halogens is 3. The number of fused-ring (bicyclic) bond motifs is 2. The number of aromatic amines is 3. The quantitative estimate of drug-likeness (QED) is 0.312. The first-order valence-corrected chi connectivity index (χ1v) is 10.3. The highest BCUT2D eigenvalue weighted by atomic mass is 19.4. The maximum absolute atomic E-state index is 13.9. The zero-order valence-corrected chi connectivity index (χ0v) is 16.9. The fraction of sp³-hybridized carbons (Fsp3) is 0.182. The van der Waals surface area contributed by atoms with E-state index in [9.17, 15) is 18.0 Å². The zero-order chi connectivity index (χ0) is 22.7. The molecule has 2 aromatic carbocycles. The second kappa shape index (κ2) is 6.92. The van der Waals surface area contributed by atoms with Crippen LogP contribution in [0.2, 0.25) is 0 Å². The van der Waals surface area contributed by atoms with E-state index in [1.165, 1.54) is 12.1 Å². The fourth-order valence-corrected chi connectivity index (χ4v) is 3.94. The summed E-state index contributed by atoms with van der Waals surface area (Å²) in [6.07, 6.45) is -2.54. The van der Waals surface area contributed by atoms with Gasteiger partial charge in [-0.3, -0.25) is 20.1 Å².